The van der Waals surface area contributed by atoms with Crippen molar-refractivity contribution in [2.75, 3.05) is 6.54 Å². The van der Waals surface area contributed by atoms with Crippen molar-refractivity contribution < 1.29 is 23.9 Å². The van der Waals surface area contributed by atoms with E-state index < -0.39 is 35.0 Å². The van der Waals surface area contributed by atoms with Crippen molar-refractivity contribution in [1.82, 2.24) is 15.5 Å². The first-order valence-electron chi connectivity index (χ1n) is 6.29. The number of benzene rings is 1. The third-order valence-electron chi connectivity index (χ3n) is 3.69. The van der Waals surface area contributed by atoms with Gasteiger partial charge >= 0.3 is 6.03 Å². The van der Waals surface area contributed by atoms with Crippen LogP contribution < -0.4 is 10.6 Å². The quantitative estimate of drug-likeness (QED) is 0.516. The zero-order valence-electron chi connectivity index (χ0n) is 11.1. The molecule has 0 aliphatic carbocycles. The first kappa shape index (κ1) is 13.9. The van der Waals surface area contributed by atoms with Crippen molar-refractivity contribution in [2.24, 2.45) is 0 Å². The molecule has 8 heteroatoms. The van der Waals surface area contributed by atoms with E-state index in [9.17, 15) is 23.9 Å². The van der Waals surface area contributed by atoms with Gasteiger partial charge < -0.3 is 15.3 Å². The third kappa shape index (κ3) is 1.79. The summed E-state index contributed by atoms with van der Waals surface area (Å²) in [4.78, 5) is 36.5. The van der Waals surface area contributed by atoms with Crippen LogP contribution in [0.2, 0.25) is 0 Å². The van der Waals surface area contributed by atoms with Crippen LogP contribution in [-0.2, 0) is 11.3 Å². The van der Waals surface area contributed by atoms with Crippen molar-refractivity contribution in [3.8, 4) is 18.1 Å². The maximum absolute atomic E-state index is 13.9. The van der Waals surface area contributed by atoms with Gasteiger partial charge in [-0.15, -0.1) is 6.42 Å². The lowest BCUT2D eigenvalue weighted by atomic mass is 10.0. The number of hydrogen-bond acceptors (Lipinski definition) is 4. The van der Waals surface area contributed by atoms with E-state index in [1.54, 1.807) is 0 Å². The lowest BCUT2D eigenvalue weighted by Crippen LogP contribution is -2.54. The highest BCUT2D eigenvalue weighted by Crippen LogP contribution is 2.31. The molecule has 22 heavy (non-hydrogen) atoms. The van der Waals surface area contributed by atoms with Crippen molar-refractivity contribution in [3.63, 3.8) is 0 Å². The van der Waals surface area contributed by atoms with Crippen LogP contribution in [0.4, 0.5) is 9.18 Å². The second kappa shape index (κ2) is 4.46. The number of urea groups is 1. The number of imide groups is 1. The standard InChI is InChI=1S/C14H10FN3O4/c1-2-14(12(21)16-13(22)17-14)6-18-5-7-3-4-8(19)10(15)9(7)11(18)20/h1,3-4,19H,5-6H2,(H2,16,17,21,22). The minimum Gasteiger partial charge on any atom is -0.505 e. The largest absolute Gasteiger partial charge is 0.505 e. The molecule has 2 aliphatic rings. The van der Waals surface area contributed by atoms with Crippen LogP contribution in [0.3, 0.4) is 0 Å². The van der Waals surface area contributed by atoms with Gasteiger partial charge in [-0.1, -0.05) is 12.0 Å². The van der Waals surface area contributed by atoms with Crippen LogP contribution >= 0.6 is 0 Å². The van der Waals surface area contributed by atoms with Crippen LogP contribution in [0.15, 0.2) is 12.1 Å². The van der Waals surface area contributed by atoms with Gasteiger partial charge in [-0.2, -0.15) is 0 Å². The molecule has 112 valence electrons. The number of halogens is 1. The molecular formula is C14H10FN3O4. The smallest absolute Gasteiger partial charge is 0.323 e. The molecule has 2 aliphatic heterocycles. The van der Waals surface area contributed by atoms with E-state index in [2.05, 4.69) is 11.2 Å². The number of amides is 4. The Kier molecular flexibility index (Phi) is 2.81. The molecule has 3 N–H and O–H groups in total. The molecule has 4 amide bonds. The monoisotopic (exact) mass is 303 g/mol. The first-order valence-corrected chi connectivity index (χ1v) is 6.29. The highest BCUT2D eigenvalue weighted by atomic mass is 19.1. The minimum absolute atomic E-state index is 0.0257. The second-order valence-corrected chi connectivity index (χ2v) is 5.05. The summed E-state index contributed by atoms with van der Waals surface area (Å²) in [6, 6.07) is 1.81. The highest BCUT2D eigenvalue weighted by molar-refractivity contribution is 6.10. The maximum atomic E-state index is 13.9. The Labute approximate surface area is 124 Å². The molecule has 0 spiro atoms. The van der Waals surface area contributed by atoms with Crippen molar-refractivity contribution in [1.29, 1.82) is 0 Å². The van der Waals surface area contributed by atoms with Gasteiger partial charge in [-0.25, -0.2) is 9.18 Å². The fourth-order valence-corrected chi connectivity index (χ4v) is 2.57. The molecule has 0 bridgehead atoms. The fourth-order valence-electron chi connectivity index (χ4n) is 2.57. The van der Waals surface area contributed by atoms with E-state index in [4.69, 9.17) is 6.42 Å². The molecule has 1 aromatic carbocycles. The van der Waals surface area contributed by atoms with E-state index >= 15 is 0 Å². The lowest BCUT2D eigenvalue weighted by molar-refractivity contribution is -0.122. The van der Waals surface area contributed by atoms with Crippen LogP contribution in [-0.4, -0.2) is 39.9 Å². The zero-order valence-corrected chi connectivity index (χ0v) is 11.1. The van der Waals surface area contributed by atoms with Gasteiger partial charge in [0.15, 0.2) is 17.1 Å². The molecule has 1 fully saturated rings. The molecule has 3 rings (SSSR count). The maximum Gasteiger partial charge on any atom is 0.323 e. The lowest BCUT2D eigenvalue weighted by Gasteiger charge is -2.26. The van der Waals surface area contributed by atoms with Gasteiger partial charge in [-0.05, 0) is 11.6 Å². The number of carbonyl (C=O) groups excluding carboxylic acids is 3. The van der Waals surface area contributed by atoms with E-state index in [1.807, 2.05) is 5.32 Å². The van der Waals surface area contributed by atoms with Crippen LogP contribution in [0.1, 0.15) is 15.9 Å². The number of nitrogens with zero attached hydrogens (tertiary/aromatic N) is 1. The van der Waals surface area contributed by atoms with Crippen molar-refractivity contribution in [2.45, 2.75) is 12.1 Å². The summed E-state index contributed by atoms with van der Waals surface area (Å²) in [6.45, 7) is -0.271. The van der Waals surface area contributed by atoms with Gasteiger partial charge in [0, 0.05) is 6.54 Å². The summed E-state index contributed by atoms with van der Waals surface area (Å²) >= 11 is 0. The van der Waals surface area contributed by atoms with Gasteiger partial charge in [-0.3, -0.25) is 14.9 Å². The molecule has 1 atom stereocenters. The van der Waals surface area contributed by atoms with Gasteiger partial charge in [0.25, 0.3) is 11.8 Å². The molecule has 1 unspecified atom stereocenters. The Hall–Kier alpha value is -3.08. The Bertz CT molecular complexity index is 770. The summed E-state index contributed by atoms with van der Waals surface area (Å²) < 4.78 is 13.9. The Morgan fingerprint density at radius 3 is 2.73 bits per heavy atom. The minimum atomic E-state index is -1.69. The average Bonchev–Trinajstić information content (AvgIpc) is 2.93. The molecule has 0 radical (unpaired) electrons. The summed E-state index contributed by atoms with van der Waals surface area (Å²) in [5.41, 5.74) is -1.57. The molecule has 1 aromatic rings. The van der Waals surface area contributed by atoms with Gasteiger partial charge in [0.05, 0.1) is 12.1 Å². The normalized spacial score (nSPS) is 23.1. The van der Waals surface area contributed by atoms with Crippen LogP contribution in [0.5, 0.6) is 5.75 Å². The van der Waals surface area contributed by atoms with Gasteiger partial charge in [0.1, 0.15) is 0 Å². The number of hydrogen-bond donors (Lipinski definition) is 3. The topological polar surface area (TPSA) is 98.7 Å². The summed E-state index contributed by atoms with van der Waals surface area (Å²) in [5.74, 6) is -0.915. The molecule has 0 saturated carbocycles. The first-order chi connectivity index (χ1) is 10.4. The summed E-state index contributed by atoms with van der Waals surface area (Å²) in [5, 5.41) is 13.6. The number of phenols is 1. The molecule has 1 saturated heterocycles. The zero-order chi connectivity index (χ0) is 16.1. The summed E-state index contributed by atoms with van der Waals surface area (Å²) in [7, 11) is 0. The number of terminal acetylenes is 1. The number of phenolic OH excluding ortho intramolecular Hbond substituents is 1. The Balaban J connectivity index is 1.92. The van der Waals surface area contributed by atoms with E-state index in [0.29, 0.717) is 5.56 Å². The Morgan fingerprint density at radius 2 is 2.14 bits per heavy atom. The SMILES string of the molecule is C#CC1(CN2Cc3ccc(O)c(F)c3C2=O)NC(=O)NC1=O. The number of carbonyl (C=O) groups is 3. The third-order valence-corrected chi connectivity index (χ3v) is 3.69. The van der Waals surface area contributed by atoms with E-state index in [0.717, 1.165) is 11.0 Å². The summed E-state index contributed by atoms with van der Waals surface area (Å²) in [6.07, 6.45) is 5.33. The number of fused-ring (bicyclic) bond motifs is 1. The number of aromatic hydroxyl groups is 1. The van der Waals surface area contributed by atoms with Crippen molar-refractivity contribution in [3.05, 3.63) is 29.1 Å². The molecule has 7 nitrogen and oxygen atoms in total. The molecular weight excluding hydrogens is 293 g/mol. The average molecular weight is 303 g/mol. The van der Waals surface area contributed by atoms with Crippen molar-refractivity contribution >= 4 is 17.8 Å². The predicted octanol–water partition coefficient (Wildman–Crippen LogP) is -0.302. The van der Waals surface area contributed by atoms with E-state index in [1.165, 1.54) is 6.07 Å². The predicted molar refractivity (Wildman–Crippen MR) is 71.0 cm³/mol. The highest BCUT2D eigenvalue weighted by Gasteiger charge is 2.48. The molecule has 2 heterocycles. The number of nitrogens with one attached hydrogen (secondary N) is 2. The second-order valence-electron chi connectivity index (χ2n) is 5.05. The molecule has 0 aromatic heterocycles. The van der Waals surface area contributed by atoms with E-state index in [-0.39, 0.29) is 18.7 Å². The van der Waals surface area contributed by atoms with Crippen LogP contribution in [0.25, 0.3) is 0 Å². The van der Waals surface area contributed by atoms with Crippen LogP contribution in [0, 0.1) is 18.2 Å². The van der Waals surface area contributed by atoms with Gasteiger partial charge in [0.2, 0.25) is 0 Å². The fraction of sp³-hybridized carbons (Fsp3) is 0.214. The number of rotatable bonds is 2. The Morgan fingerprint density at radius 1 is 1.41 bits per heavy atom.